The molecule has 0 bridgehead atoms. The maximum absolute atomic E-state index is 13.0. The number of rotatable bonds is 5. The average Bonchev–Trinajstić information content (AvgIpc) is 2.91. The second-order valence-corrected chi connectivity index (χ2v) is 7.30. The maximum Gasteiger partial charge on any atom is 0.224 e. The van der Waals surface area contributed by atoms with Crippen molar-refractivity contribution in [2.75, 3.05) is 36.4 Å². The number of halogens is 1. The molecule has 0 radical (unpaired) electrons. The summed E-state index contributed by atoms with van der Waals surface area (Å²) in [6, 6.07) is 9.13. The van der Waals surface area contributed by atoms with Gasteiger partial charge in [0.15, 0.2) is 0 Å². The molecule has 3 heterocycles. The summed E-state index contributed by atoms with van der Waals surface area (Å²) >= 11 is 0. The minimum Gasteiger partial charge on any atom is -0.356 e. The second-order valence-electron chi connectivity index (χ2n) is 7.30. The van der Waals surface area contributed by atoms with Crippen LogP contribution >= 0.6 is 0 Å². The predicted octanol–water partition coefficient (Wildman–Crippen LogP) is 3.29. The SMILES string of the molecule is Fc1ccc(CN2CC(Nc3nccc(N4CCCCCC4)n3)C2)cc1. The minimum absolute atomic E-state index is 0.182. The van der Waals surface area contributed by atoms with Crippen LogP contribution < -0.4 is 10.2 Å². The molecule has 0 atom stereocenters. The summed E-state index contributed by atoms with van der Waals surface area (Å²) in [7, 11) is 0. The molecule has 0 saturated carbocycles. The van der Waals surface area contributed by atoms with Crippen LogP contribution in [0, 0.1) is 5.82 Å². The van der Waals surface area contributed by atoms with Gasteiger partial charge in [-0.2, -0.15) is 4.98 Å². The Hall–Kier alpha value is -2.21. The number of benzene rings is 1. The van der Waals surface area contributed by atoms with Crippen molar-refractivity contribution in [1.29, 1.82) is 0 Å². The van der Waals surface area contributed by atoms with Crippen LogP contribution in [0.3, 0.4) is 0 Å². The Kier molecular flexibility index (Phi) is 5.29. The lowest BCUT2D eigenvalue weighted by molar-refractivity contribution is 0.152. The number of hydrogen-bond donors (Lipinski definition) is 1. The van der Waals surface area contributed by atoms with Gasteiger partial charge in [0.25, 0.3) is 0 Å². The molecule has 0 spiro atoms. The van der Waals surface area contributed by atoms with E-state index in [1.165, 1.54) is 37.8 Å². The van der Waals surface area contributed by atoms with Gasteiger partial charge in [0.1, 0.15) is 11.6 Å². The summed E-state index contributed by atoms with van der Waals surface area (Å²) in [6.07, 6.45) is 6.98. The largest absolute Gasteiger partial charge is 0.356 e. The highest BCUT2D eigenvalue weighted by atomic mass is 19.1. The zero-order valence-electron chi connectivity index (χ0n) is 15.1. The van der Waals surface area contributed by atoms with Crippen molar-refractivity contribution in [2.24, 2.45) is 0 Å². The molecule has 2 aliphatic rings. The molecule has 4 rings (SSSR count). The number of likely N-dealkylation sites (tertiary alicyclic amines) is 1. The van der Waals surface area contributed by atoms with Gasteiger partial charge in [-0.15, -0.1) is 0 Å². The monoisotopic (exact) mass is 355 g/mol. The number of nitrogens with zero attached hydrogens (tertiary/aromatic N) is 4. The fraction of sp³-hybridized carbons (Fsp3) is 0.500. The Morgan fingerprint density at radius 1 is 1.00 bits per heavy atom. The highest BCUT2D eigenvalue weighted by Crippen LogP contribution is 2.20. The van der Waals surface area contributed by atoms with E-state index in [0.29, 0.717) is 6.04 Å². The Morgan fingerprint density at radius 2 is 1.73 bits per heavy atom. The highest BCUT2D eigenvalue weighted by Gasteiger charge is 2.27. The molecular weight excluding hydrogens is 329 g/mol. The van der Waals surface area contributed by atoms with Gasteiger partial charge >= 0.3 is 0 Å². The van der Waals surface area contributed by atoms with Crippen molar-refractivity contribution in [3.8, 4) is 0 Å². The number of hydrogen-bond acceptors (Lipinski definition) is 5. The normalized spacial score (nSPS) is 19.0. The van der Waals surface area contributed by atoms with Crippen LogP contribution in [-0.2, 0) is 6.54 Å². The number of aromatic nitrogens is 2. The fourth-order valence-corrected chi connectivity index (χ4v) is 3.72. The van der Waals surface area contributed by atoms with Crippen molar-refractivity contribution in [3.05, 3.63) is 47.9 Å². The van der Waals surface area contributed by atoms with Crippen LogP contribution in [0.15, 0.2) is 36.5 Å². The first kappa shape index (κ1) is 17.2. The molecule has 1 aromatic carbocycles. The van der Waals surface area contributed by atoms with Gasteiger partial charge in [-0.25, -0.2) is 9.37 Å². The number of nitrogens with one attached hydrogen (secondary N) is 1. The second kappa shape index (κ2) is 7.99. The average molecular weight is 355 g/mol. The van der Waals surface area contributed by atoms with Gasteiger partial charge in [0.2, 0.25) is 5.95 Å². The summed E-state index contributed by atoms with van der Waals surface area (Å²) in [5.41, 5.74) is 1.14. The van der Waals surface area contributed by atoms with Gasteiger partial charge < -0.3 is 10.2 Å². The standard InChI is InChI=1S/C20H26FN5/c21-17-7-5-16(6-8-17)13-25-14-18(15-25)23-20-22-10-9-19(24-20)26-11-3-1-2-4-12-26/h5-10,18H,1-4,11-15H2,(H,22,23,24). The van der Waals surface area contributed by atoms with Crippen LogP contribution in [0.25, 0.3) is 0 Å². The Bertz CT molecular complexity index is 706. The fourth-order valence-electron chi connectivity index (χ4n) is 3.72. The molecular formula is C20H26FN5. The molecule has 2 aliphatic heterocycles. The molecule has 2 saturated heterocycles. The van der Waals surface area contributed by atoms with E-state index in [4.69, 9.17) is 4.98 Å². The lowest BCUT2D eigenvalue weighted by Crippen LogP contribution is -2.54. The third kappa shape index (κ3) is 4.30. The minimum atomic E-state index is -0.182. The van der Waals surface area contributed by atoms with Crippen LogP contribution in [-0.4, -0.2) is 47.1 Å². The van der Waals surface area contributed by atoms with E-state index in [1.54, 1.807) is 0 Å². The molecule has 1 aromatic heterocycles. The van der Waals surface area contributed by atoms with Crippen LogP contribution in [0.5, 0.6) is 0 Å². The van der Waals surface area contributed by atoms with Crippen molar-refractivity contribution in [3.63, 3.8) is 0 Å². The molecule has 138 valence electrons. The maximum atomic E-state index is 13.0. The third-order valence-corrected chi connectivity index (χ3v) is 5.18. The van der Waals surface area contributed by atoms with E-state index < -0.39 is 0 Å². The third-order valence-electron chi connectivity index (χ3n) is 5.18. The van der Waals surface area contributed by atoms with Crippen LogP contribution in [0.1, 0.15) is 31.2 Å². The summed E-state index contributed by atoms with van der Waals surface area (Å²) in [6.45, 7) is 4.94. The van der Waals surface area contributed by atoms with Crippen molar-refractivity contribution >= 4 is 11.8 Å². The zero-order chi connectivity index (χ0) is 17.8. The lowest BCUT2D eigenvalue weighted by atomic mass is 10.1. The van der Waals surface area contributed by atoms with Gasteiger partial charge in [-0.3, -0.25) is 4.90 Å². The molecule has 2 fully saturated rings. The van der Waals surface area contributed by atoms with Crippen molar-refractivity contribution < 1.29 is 4.39 Å². The van der Waals surface area contributed by atoms with E-state index >= 15 is 0 Å². The van der Waals surface area contributed by atoms with Gasteiger partial charge in [0, 0.05) is 38.9 Å². The van der Waals surface area contributed by atoms with E-state index in [2.05, 4.69) is 20.1 Å². The molecule has 1 N–H and O–H groups in total. The quantitative estimate of drug-likeness (QED) is 0.892. The van der Waals surface area contributed by atoms with E-state index in [0.717, 1.165) is 50.1 Å². The van der Waals surface area contributed by atoms with Crippen LogP contribution in [0.2, 0.25) is 0 Å². The summed E-state index contributed by atoms with van der Waals surface area (Å²) in [5, 5.41) is 3.45. The van der Waals surface area contributed by atoms with Gasteiger partial charge in [-0.05, 0) is 36.6 Å². The molecule has 0 aliphatic carbocycles. The van der Waals surface area contributed by atoms with Gasteiger partial charge in [-0.1, -0.05) is 25.0 Å². The highest BCUT2D eigenvalue weighted by molar-refractivity contribution is 5.43. The topological polar surface area (TPSA) is 44.3 Å². The molecule has 0 unspecified atom stereocenters. The Balaban J connectivity index is 1.28. The van der Waals surface area contributed by atoms with Crippen LogP contribution in [0.4, 0.5) is 16.2 Å². The summed E-state index contributed by atoms with van der Waals surface area (Å²) in [4.78, 5) is 13.8. The predicted molar refractivity (Wildman–Crippen MR) is 102 cm³/mol. The number of anilines is 2. The van der Waals surface area contributed by atoms with E-state index in [-0.39, 0.29) is 5.82 Å². The Morgan fingerprint density at radius 3 is 2.46 bits per heavy atom. The van der Waals surface area contributed by atoms with Crippen molar-refractivity contribution in [1.82, 2.24) is 14.9 Å². The zero-order valence-corrected chi connectivity index (χ0v) is 15.1. The molecule has 26 heavy (non-hydrogen) atoms. The van der Waals surface area contributed by atoms with E-state index in [1.807, 2.05) is 24.4 Å². The first-order chi connectivity index (χ1) is 12.8. The lowest BCUT2D eigenvalue weighted by Gasteiger charge is -2.39. The summed E-state index contributed by atoms with van der Waals surface area (Å²) < 4.78 is 13.0. The summed E-state index contributed by atoms with van der Waals surface area (Å²) in [5.74, 6) is 1.57. The molecule has 5 nitrogen and oxygen atoms in total. The van der Waals surface area contributed by atoms with E-state index in [9.17, 15) is 4.39 Å². The first-order valence-electron chi connectivity index (χ1n) is 9.57. The Labute approximate surface area is 154 Å². The van der Waals surface area contributed by atoms with Crippen molar-refractivity contribution in [2.45, 2.75) is 38.3 Å². The first-order valence-corrected chi connectivity index (χ1v) is 9.57. The smallest absolute Gasteiger partial charge is 0.224 e. The van der Waals surface area contributed by atoms with Gasteiger partial charge in [0.05, 0.1) is 6.04 Å². The molecule has 0 amide bonds. The molecule has 2 aromatic rings. The molecule has 6 heteroatoms.